The Balaban J connectivity index is 1.81. The van der Waals surface area contributed by atoms with E-state index < -0.39 is 0 Å². The Hall–Kier alpha value is -1.91. The number of ether oxygens (including phenoxy) is 1. The standard InChI is InChI=1S/C16H20N2O2/c1-20-9-8-17-12-16(19)18-11-13-6-7-14-4-2-3-5-15(14)10-13/h2-7,10,17H,8-9,11-12H2,1H3,(H,18,19). The van der Waals surface area contributed by atoms with Crippen LogP contribution in [0.5, 0.6) is 0 Å². The van der Waals surface area contributed by atoms with Gasteiger partial charge in [0.05, 0.1) is 13.2 Å². The van der Waals surface area contributed by atoms with E-state index in [0.29, 0.717) is 26.2 Å². The van der Waals surface area contributed by atoms with Crippen LogP contribution in [0, 0.1) is 0 Å². The zero-order valence-corrected chi connectivity index (χ0v) is 11.7. The number of carbonyl (C=O) groups is 1. The molecule has 4 nitrogen and oxygen atoms in total. The lowest BCUT2D eigenvalue weighted by atomic mass is 10.1. The SMILES string of the molecule is COCCNCC(=O)NCc1ccc2ccccc2c1. The van der Waals surface area contributed by atoms with Crippen molar-refractivity contribution in [3.05, 3.63) is 48.0 Å². The number of carbonyl (C=O) groups excluding carboxylic acids is 1. The van der Waals surface area contributed by atoms with Crippen LogP contribution in [0.4, 0.5) is 0 Å². The fourth-order valence-corrected chi connectivity index (χ4v) is 1.99. The van der Waals surface area contributed by atoms with Gasteiger partial charge in [-0.05, 0) is 22.4 Å². The van der Waals surface area contributed by atoms with E-state index in [2.05, 4.69) is 34.9 Å². The number of hydrogen-bond acceptors (Lipinski definition) is 3. The largest absolute Gasteiger partial charge is 0.383 e. The average Bonchev–Trinajstić information content (AvgIpc) is 2.49. The molecule has 0 bridgehead atoms. The number of benzene rings is 2. The number of nitrogens with one attached hydrogen (secondary N) is 2. The highest BCUT2D eigenvalue weighted by molar-refractivity contribution is 5.83. The van der Waals surface area contributed by atoms with Crippen molar-refractivity contribution in [1.29, 1.82) is 0 Å². The Morgan fingerprint density at radius 2 is 1.95 bits per heavy atom. The summed E-state index contributed by atoms with van der Waals surface area (Å²) in [5.74, 6) is -0.00531. The average molecular weight is 272 g/mol. The first-order chi connectivity index (χ1) is 9.79. The van der Waals surface area contributed by atoms with Crippen molar-refractivity contribution in [2.24, 2.45) is 0 Å². The van der Waals surface area contributed by atoms with Crippen LogP contribution in [0.3, 0.4) is 0 Å². The quantitative estimate of drug-likeness (QED) is 0.754. The molecule has 0 spiro atoms. The maximum absolute atomic E-state index is 11.6. The maximum atomic E-state index is 11.6. The second-order valence-electron chi connectivity index (χ2n) is 4.63. The van der Waals surface area contributed by atoms with E-state index in [1.807, 2.05) is 18.2 Å². The molecule has 0 saturated carbocycles. The van der Waals surface area contributed by atoms with Crippen molar-refractivity contribution in [1.82, 2.24) is 10.6 Å². The van der Waals surface area contributed by atoms with Crippen molar-refractivity contribution < 1.29 is 9.53 Å². The number of fused-ring (bicyclic) bond motifs is 1. The van der Waals surface area contributed by atoms with Gasteiger partial charge in [0.1, 0.15) is 0 Å². The predicted molar refractivity (Wildman–Crippen MR) is 80.5 cm³/mol. The van der Waals surface area contributed by atoms with Gasteiger partial charge in [-0.2, -0.15) is 0 Å². The molecule has 2 rings (SSSR count). The van der Waals surface area contributed by atoms with Gasteiger partial charge in [-0.25, -0.2) is 0 Å². The van der Waals surface area contributed by atoms with Crippen LogP contribution in [0.25, 0.3) is 10.8 Å². The van der Waals surface area contributed by atoms with E-state index in [9.17, 15) is 4.79 Å². The number of methoxy groups -OCH3 is 1. The summed E-state index contributed by atoms with van der Waals surface area (Å²) >= 11 is 0. The Kier molecular flexibility index (Phi) is 5.53. The lowest BCUT2D eigenvalue weighted by Crippen LogP contribution is -2.34. The third kappa shape index (κ3) is 4.33. The maximum Gasteiger partial charge on any atom is 0.234 e. The summed E-state index contributed by atoms with van der Waals surface area (Å²) in [4.78, 5) is 11.6. The molecule has 0 fully saturated rings. The monoisotopic (exact) mass is 272 g/mol. The van der Waals surface area contributed by atoms with Crippen LogP contribution in [-0.4, -0.2) is 32.7 Å². The lowest BCUT2D eigenvalue weighted by Gasteiger charge is -2.07. The van der Waals surface area contributed by atoms with E-state index in [1.165, 1.54) is 10.8 Å². The summed E-state index contributed by atoms with van der Waals surface area (Å²) in [5, 5.41) is 8.32. The van der Waals surface area contributed by atoms with Crippen molar-refractivity contribution in [3.8, 4) is 0 Å². The van der Waals surface area contributed by atoms with Crippen LogP contribution in [0.2, 0.25) is 0 Å². The summed E-state index contributed by atoms with van der Waals surface area (Å²) < 4.78 is 4.90. The number of hydrogen-bond donors (Lipinski definition) is 2. The van der Waals surface area contributed by atoms with Crippen molar-refractivity contribution in [3.63, 3.8) is 0 Å². The molecule has 0 radical (unpaired) electrons. The van der Waals surface area contributed by atoms with Crippen LogP contribution in [0.1, 0.15) is 5.56 Å². The van der Waals surface area contributed by atoms with E-state index in [0.717, 1.165) is 5.56 Å². The van der Waals surface area contributed by atoms with Gasteiger partial charge in [0, 0.05) is 20.2 Å². The molecule has 2 aromatic carbocycles. The first kappa shape index (κ1) is 14.5. The van der Waals surface area contributed by atoms with Gasteiger partial charge in [-0.3, -0.25) is 4.79 Å². The van der Waals surface area contributed by atoms with Crippen molar-refractivity contribution >= 4 is 16.7 Å². The molecule has 0 aromatic heterocycles. The summed E-state index contributed by atoms with van der Waals surface area (Å²) in [5.41, 5.74) is 1.11. The smallest absolute Gasteiger partial charge is 0.234 e. The topological polar surface area (TPSA) is 50.4 Å². The van der Waals surface area contributed by atoms with E-state index in [1.54, 1.807) is 7.11 Å². The van der Waals surface area contributed by atoms with E-state index >= 15 is 0 Å². The molecule has 4 heteroatoms. The third-order valence-electron chi connectivity index (χ3n) is 3.07. The summed E-state index contributed by atoms with van der Waals surface area (Å²) in [6.45, 7) is 2.16. The molecule has 0 aliphatic rings. The van der Waals surface area contributed by atoms with Gasteiger partial charge in [0.15, 0.2) is 0 Å². The molecule has 0 saturated heterocycles. The highest BCUT2D eigenvalue weighted by Crippen LogP contribution is 2.15. The molecule has 2 N–H and O–H groups in total. The summed E-state index contributed by atoms with van der Waals surface area (Å²) in [6.07, 6.45) is 0. The van der Waals surface area contributed by atoms with Crippen LogP contribution >= 0.6 is 0 Å². The zero-order valence-electron chi connectivity index (χ0n) is 11.7. The van der Waals surface area contributed by atoms with Gasteiger partial charge >= 0.3 is 0 Å². The first-order valence-electron chi connectivity index (χ1n) is 6.73. The molecular weight excluding hydrogens is 252 g/mol. The molecular formula is C16H20N2O2. The Labute approximate surface area is 119 Å². The lowest BCUT2D eigenvalue weighted by molar-refractivity contribution is -0.120. The number of amides is 1. The fraction of sp³-hybridized carbons (Fsp3) is 0.312. The molecule has 0 aliphatic carbocycles. The minimum atomic E-state index is -0.00531. The van der Waals surface area contributed by atoms with Gasteiger partial charge in [-0.15, -0.1) is 0 Å². The molecule has 0 aliphatic heterocycles. The van der Waals surface area contributed by atoms with Crippen molar-refractivity contribution in [2.75, 3.05) is 26.8 Å². The van der Waals surface area contributed by atoms with Crippen LogP contribution in [-0.2, 0) is 16.1 Å². The minimum Gasteiger partial charge on any atom is -0.383 e. The van der Waals surface area contributed by atoms with Gasteiger partial charge in [0.2, 0.25) is 5.91 Å². The third-order valence-corrected chi connectivity index (χ3v) is 3.07. The van der Waals surface area contributed by atoms with E-state index in [-0.39, 0.29) is 5.91 Å². The highest BCUT2D eigenvalue weighted by atomic mass is 16.5. The molecule has 0 atom stereocenters. The summed E-state index contributed by atoms with van der Waals surface area (Å²) in [7, 11) is 1.64. The normalized spacial score (nSPS) is 10.7. The van der Waals surface area contributed by atoms with Gasteiger partial charge < -0.3 is 15.4 Å². The Bertz CT molecular complexity index is 569. The number of rotatable bonds is 7. The second-order valence-corrected chi connectivity index (χ2v) is 4.63. The first-order valence-corrected chi connectivity index (χ1v) is 6.73. The van der Waals surface area contributed by atoms with Gasteiger partial charge in [-0.1, -0.05) is 36.4 Å². The van der Waals surface area contributed by atoms with Crippen LogP contribution < -0.4 is 10.6 Å². The Morgan fingerprint density at radius 3 is 2.75 bits per heavy atom. The Morgan fingerprint density at radius 1 is 1.15 bits per heavy atom. The molecule has 106 valence electrons. The second kappa shape index (κ2) is 7.62. The molecule has 1 amide bonds. The fourth-order valence-electron chi connectivity index (χ4n) is 1.99. The molecule has 20 heavy (non-hydrogen) atoms. The zero-order chi connectivity index (χ0) is 14.2. The summed E-state index contributed by atoms with van der Waals surface area (Å²) in [6, 6.07) is 14.4. The van der Waals surface area contributed by atoms with Gasteiger partial charge in [0.25, 0.3) is 0 Å². The predicted octanol–water partition coefficient (Wildman–Crippen LogP) is 1.69. The van der Waals surface area contributed by atoms with E-state index in [4.69, 9.17) is 4.74 Å². The van der Waals surface area contributed by atoms with Crippen LogP contribution in [0.15, 0.2) is 42.5 Å². The minimum absolute atomic E-state index is 0.00531. The molecule has 2 aromatic rings. The highest BCUT2D eigenvalue weighted by Gasteiger charge is 2.01. The molecule has 0 heterocycles. The molecule has 0 unspecified atom stereocenters. The van der Waals surface area contributed by atoms with Crippen molar-refractivity contribution in [2.45, 2.75) is 6.54 Å².